The van der Waals surface area contributed by atoms with Crippen molar-refractivity contribution in [2.75, 3.05) is 13.2 Å². The van der Waals surface area contributed by atoms with Gasteiger partial charge in [0.15, 0.2) is 5.78 Å². The molecule has 1 aromatic carbocycles. The van der Waals surface area contributed by atoms with Crippen molar-refractivity contribution in [1.29, 1.82) is 0 Å². The molecular formula is C15H17NO2. The maximum Gasteiger partial charge on any atom is 0.170 e. The number of ether oxygens (including phenoxy) is 1. The van der Waals surface area contributed by atoms with Crippen LogP contribution in [-0.2, 0) is 4.74 Å². The first-order chi connectivity index (χ1) is 8.75. The lowest BCUT2D eigenvalue weighted by atomic mass is 9.92. The number of rotatable bonds is 2. The van der Waals surface area contributed by atoms with E-state index in [0.29, 0.717) is 6.61 Å². The Morgan fingerprint density at radius 1 is 1.44 bits per heavy atom. The maximum absolute atomic E-state index is 12.5. The van der Waals surface area contributed by atoms with Crippen LogP contribution >= 0.6 is 0 Å². The summed E-state index contributed by atoms with van der Waals surface area (Å²) < 4.78 is 5.40. The topological polar surface area (TPSA) is 42.1 Å². The number of carbonyl (C=O) groups is 1. The predicted molar refractivity (Wildman–Crippen MR) is 70.9 cm³/mol. The van der Waals surface area contributed by atoms with Gasteiger partial charge in [-0.1, -0.05) is 12.1 Å². The second-order valence-corrected chi connectivity index (χ2v) is 5.03. The number of hydrogen-bond donors (Lipinski definition) is 1. The number of nitrogens with one attached hydrogen (secondary N) is 1. The third-order valence-corrected chi connectivity index (χ3v) is 3.63. The Balaban J connectivity index is 1.96. The van der Waals surface area contributed by atoms with E-state index in [4.69, 9.17) is 4.74 Å². The Bertz CT molecular complexity index is 579. The molecule has 3 nitrogen and oxygen atoms in total. The molecule has 94 valence electrons. The van der Waals surface area contributed by atoms with E-state index in [1.807, 2.05) is 18.3 Å². The van der Waals surface area contributed by atoms with Gasteiger partial charge in [0.25, 0.3) is 0 Å². The smallest absolute Gasteiger partial charge is 0.170 e. The normalized spacial score (nSPS) is 20.2. The van der Waals surface area contributed by atoms with Crippen LogP contribution in [0.5, 0.6) is 0 Å². The summed E-state index contributed by atoms with van der Waals surface area (Å²) in [5.74, 6) is 0.240. The lowest BCUT2D eigenvalue weighted by molar-refractivity contribution is 0.0462. The Labute approximate surface area is 106 Å². The van der Waals surface area contributed by atoms with Gasteiger partial charge in [-0.15, -0.1) is 0 Å². The minimum atomic E-state index is 0.0269. The Hall–Kier alpha value is -1.61. The average Bonchev–Trinajstić information content (AvgIpc) is 2.81. The number of fused-ring (bicyclic) bond motifs is 1. The quantitative estimate of drug-likeness (QED) is 0.823. The summed E-state index contributed by atoms with van der Waals surface area (Å²) in [6.07, 6.45) is 3.76. The zero-order valence-electron chi connectivity index (χ0n) is 10.5. The standard InChI is InChI=1S/C15H17NO2/c1-10-4-5-12-13(8-16-14(12)7-10)15(17)11-3-2-6-18-9-11/h4-5,7-8,11,16H,2-3,6,9H2,1H3. The molecular weight excluding hydrogens is 226 g/mol. The number of ketones is 1. The summed E-state index contributed by atoms with van der Waals surface area (Å²) in [6, 6.07) is 6.14. The molecule has 3 heteroatoms. The summed E-state index contributed by atoms with van der Waals surface area (Å²) in [5, 5.41) is 1.02. The molecule has 1 fully saturated rings. The molecule has 1 atom stereocenters. The van der Waals surface area contributed by atoms with Crippen molar-refractivity contribution >= 4 is 16.7 Å². The number of Topliss-reactive ketones (excluding diaryl/α,β-unsaturated/α-hetero) is 1. The lowest BCUT2D eigenvalue weighted by Crippen LogP contribution is -2.25. The van der Waals surface area contributed by atoms with Gasteiger partial charge in [0.2, 0.25) is 0 Å². The largest absolute Gasteiger partial charge is 0.381 e. The zero-order valence-corrected chi connectivity index (χ0v) is 10.5. The Morgan fingerprint density at radius 2 is 2.33 bits per heavy atom. The summed E-state index contributed by atoms with van der Waals surface area (Å²) in [7, 11) is 0. The van der Waals surface area contributed by atoms with Crippen LogP contribution in [0.15, 0.2) is 24.4 Å². The van der Waals surface area contributed by atoms with Crippen LogP contribution in [0.1, 0.15) is 28.8 Å². The van der Waals surface area contributed by atoms with Gasteiger partial charge in [0.1, 0.15) is 0 Å². The second-order valence-electron chi connectivity index (χ2n) is 5.03. The Kier molecular flexibility index (Phi) is 2.92. The van der Waals surface area contributed by atoms with E-state index in [9.17, 15) is 4.79 Å². The van der Waals surface area contributed by atoms with Gasteiger partial charge in [0, 0.05) is 35.2 Å². The van der Waals surface area contributed by atoms with Crippen LogP contribution in [-0.4, -0.2) is 24.0 Å². The van der Waals surface area contributed by atoms with Crippen LogP contribution < -0.4 is 0 Å². The molecule has 2 heterocycles. The van der Waals surface area contributed by atoms with Crippen molar-refractivity contribution in [1.82, 2.24) is 4.98 Å². The molecule has 0 spiro atoms. The van der Waals surface area contributed by atoms with Crippen molar-refractivity contribution in [3.05, 3.63) is 35.5 Å². The molecule has 1 unspecified atom stereocenters. The predicted octanol–water partition coefficient (Wildman–Crippen LogP) is 3.09. The number of aromatic nitrogens is 1. The summed E-state index contributed by atoms with van der Waals surface area (Å²) in [6.45, 7) is 3.41. The van der Waals surface area contributed by atoms with Gasteiger partial charge in [-0.05, 0) is 31.4 Å². The van der Waals surface area contributed by atoms with Gasteiger partial charge in [0.05, 0.1) is 6.61 Å². The second kappa shape index (κ2) is 4.58. The first-order valence-corrected chi connectivity index (χ1v) is 6.45. The van der Waals surface area contributed by atoms with E-state index in [-0.39, 0.29) is 11.7 Å². The minimum absolute atomic E-state index is 0.0269. The number of carbonyl (C=O) groups excluding carboxylic acids is 1. The van der Waals surface area contributed by atoms with E-state index in [0.717, 1.165) is 35.9 Å². The van der Waals surface area contributed by atoms with Crippen molar-refractivity contribution in [2.45, 2.75) is 19.8 Å². The number of hydrogen-bond acceptors (Lipinski definition) is 2. The lowest BCUT2D eigenvalue weighted by Gasteiger charge is -2.20. The third kappa shape index (κ3) is 1.95. The van der Waals surface area contributed by atoms with Crippen LogP contribution in [0.3, 0.4) is 0 Å². The molecule has 2 aromatic rings. The summed E-state index contributed by atoms with van der Waals surface area (Å²) >= 11 is 0. The van der Waals surface area contributed by atoms with Crippen molar-refractivity contribution in [2.24, 2.45) is 5.92 Å². The van der Waals surface area contributed by atoms with E-state index < -0.39 is 0 Å². The summed E-state index contributed by atoms with van der Waals surface area (Å²) in [5.41, 5.74) is 3.04. The summed E-state index contributed by atoms with van der Waals surface area (Å²) in [4.78, 5) is 15.6. The molecule has 0 aliphatic carbocycles. The maximum atomic E-state index is 12.5. The van der Waals surface area contributed by atoms with Gasteiger partial charge in [-0.25, -0.2) is 0 Å². The van der Waals surface area contributed by atoms with Gasteiger partial charge in [-0.3, -0.25) is 4.79 Å². The van der Waals surface area contributed by atoms with Gasteiger partial charge < -0.3 is 9.72 Å². The van der Waals surface area contributed by atoms with Crippen molar-refractivity contribution in [3.63, 3.8) is 0 Å². The van der Waals surface area contributed by atoms with Crippen molar-refractivity contribution < 1.29 is 9.53 Å². The molecule has 0 saturated carbocycles. The van der Waals surface area contributed by atoms with E-state index in [1.54, 1.807) is 0 Å². The molecule has 1 aromatic heterocycles. The first kappa shape index (κ1) is 11.5. The number of H-pyrrole nitrogens is 1. The van der Waals surface area contributed by atoms with Crippen LogP contribution in [0.25, 0.3) is 10.9 Å². The van der Waals surface area contributed by atoms with Crippen molar-refractivity contribution in [3.8, 4) is 0 Å². The number of benzene rings is 1. The highest BCUT2D eigenvalue weighted by molar-refractivity contribution is 6.09. The number of aryl methyl sites for hydroxylation is 1. The van der Waals surface area contributed by atoms with Crippen LogP contribution in [0.2, 0.25) is 0 Å². The Morgan fingerprint density at radius 3 is 3.11 bits per heavy atom. The third-order valence-electron chi connectivity index (χ3n) is 3.63. The van der Waals surface area contributed by atoms with Crippen LogP contribution in [0, 0.1) is 12.8 Å². The van der Waals surface area contributed by atoms with Gasteiger partial charge >= 0.3 is 0 Å². The number of aromatic amines is 1. The molecule has 1 aliphatic heterocycles. The van der Waals surface area contributed by atoms with Gasteiger partial charge in [-0.2, -0.15) is 0 Å². The fraction of sp³-hybridized carbons (Fsp3) is 0.400. The fourth-order valence-electron chi connectivity index (χ4n) is 2.61. The molecule has 18 heavy (non-hydrogen) atoms. The highest BCUT2D eigenvalue weighted by Gasteiger charge is 2.24. The molecule has 0 radical (unpaired) electrons. The molecule has 0 amide bonds. The fourth-order valence-corrected chi connectivity index (χ4v) is 2.61. The van der Waals surface area contributed by atoms with E-state index in [1.165, 1.54) is 5.56 Å². The van der Waals surface area contributed by atoms with E-state index >= 15 is 0 Å². The monoisotopic (exact) mass is 243 g/mol. The molecule has 1 aliphatic rings. The average molecular weight is 243 g/mol. The molecule has 1 saturated heterocycles. The first-order valence-electron chi connectivity index (χ1n) is 6.45. The SMILES string of the molecule is Cc1ccc2c(C(=O)C3CCCOC3)c[nH]c2c1. The molecule has 1 N–H and O–H groups in total. The molecule has 0 bridgehead atoms. The zero-order chi connectivity index (χ0) is 12.5. The minimum Gasteiger partial charge on any atom is -0.381 e. The highest BCUT2D eigenvalue weighted by atomic mass is 16.5. The van der Waals surface area contributed by atoms with Crippen LogP contribution in [0.4, 0.5) is 0 Å². The molecule has 3 rings (SSSR count). The highest BCUT2D eigenvalue weighted by Crippen LogP contribution is 2.25. The van der Waals surface area contributed by atoms with E-state index in [2.05, 4.69) is 18.0 Å².